The number of anilines is 3. The van der Waals surface area contributed by atoms with Crippen LogP contribution in [0, 0.1) is 6.92 Å². The first kappa shape index (κ1) is 30.5. The molecule has 37 heavy (non-hydrogen) atoms. The van der Waals surface area contributed by atoms with Crippen LogP contribution in [0.25, 0.3) is 0 Å². The minimum atomic E-state index is -0.340. The number of carbonyl (C=O) groups is 2. The van der Waals surface area contributed by atoms with Gasteiger partial charge in [-0.3, -0.25) is 0 Å². The van der Waals surface area contributed by atoms with Crippen molar-refractivity contribution < 1.29 is 13.8 Å². The Labute approximate surface area is 227 Å². The summed E-state index contributed by atoms with van der Waals surface area (Å²) in [6, 6.07) is 12.8. The topological polar surface area (TPSA) is 91.5 Å². The van der Waals surface area contributed by atoms with Crippen LogP contribution in [0.15, 0.2) is 42.5 Å². The summed E-state index contributed by atoms with van der Waals surface area (Å²) in [5.74, 6) is 0. The van der Waals surface area contributed by atoms with Gasteiger partial charge in [-0.25, -0.2) is 9.59 Å². The zero-order valence-corrected chi connectivity index (χ0v) is 24.2. The molecule has 4 amide bonds. The van der Waals surface area contributed by atoms with Gasteiger partial charge in [0.05, 0.1) is 6.61 Å². The second kappa shape index (κ2) is 14.3. The van der Waals surface area contributed by atoms with E-state index in [2.05, 4.69) is 68.0 Å². The fraction of sp³-hybridized carbons (Fsp3) is 0.517. The second-order valence-electron chi connectivity index (χ2n) is 10.6. The number of urea groups is 2. The van der Waals surface area contributed by atoms with E-state index in [1.54, 1.807) is 6.07 Å². The van der Waals surface area contributed by atoms with E-state index in [0.29, 0.717) is 24.5 Å². The second-order valence-corrected chi connectivity index (χ2v) is 12.1. The van der Waals surface area contributed by atoms with Gasteiger partial charge in [0.1, 0.15) is 0 Å². The van der Waals surface area contributed by atoms with Crippen LogP contribution in [0.3, 0.4) is 0 Å². The van der Waals surface area contributed by atoms with E-state index in [1.165, 1.54) is 17.6 Å². The van der Waals surface area contributed by atoms with Crippen molar-refractivity contribution in [2.45, 2.75) is 84.3 Å². The molecular weight excluding hydrogens is 484 g/mol. The molecule has 0 aliphatic heterocycles. The molecule has 2 aromatic carbocycles. The highest BCUT2D eigenvalue weighted by molar-refractivity contribution is 7.96. The molecule has 4 N–H and O–H groups in total. The lowest BCUT2D eigenvalue weighted by molar-refractivity contribution is 0.251. The highest BCUT2D eigenvalue weighted by atomic mass is 32.2. The van der Waals surface area contributed by atoms with Crippen LogP contribution in [0.1, 0.15) is 78.4 Å². The van der Waals surface area contributed by atoms with Crippen LogP contribution in [0.4, 0.5) is 26.7 Å². The molecule has 0 heterocycles. The molecule has 0 aromatic heterocycles. The minimum absolute atomic E-state index is 0.000982. The van der Waals surface area contributed by atoms with Gasteiger partial charge >= 0.3 is 12.1 Å². The molecule has 0 aliphatic rings. The van der Waals surface area contributed by atoms with Crippen LogP contribution in [-0.4, -0.2) is 30.0 Å². The van der Waals surface area contributed by atoms with Crippen LogP contribution in [0.5, 0.6) is 0 Å². The molecule has 2 aromatic rings. The average Bonchev–Trinajstić information content (AvgIpc) is 2.83. The molecule has 0 saturated carbocycles. The van der Waals surface area contributed by atoms with Gasteiger partial charge in [0.25, 0.3) is 0 Å². The van der Waals surface area contributed by atoms with Gasteiger partial charge in [0.2, 0.25) is 0 Å². The molecule has 0 unspecified atom stereocenters. The Hall–Kier alpha value is -2.71. The molecule has 0 radical (unpaired) electrons. The van der Waals surface area contributed by atoms with Crippen molar-refractivity contribution in [2.24, 2.45) is 0 Å². The number of carbonyl (C=O) groups excluding carboxylic acids is 2. The van der Waals surface area contributed by atoms with Gasteiger partial charge in [0, 0.05) is 28.4 Å². The molecule has 204 valence electrons. The third-order valence-corrected chi connectivity index (χ3v) is 7.20. The van der Waals surface area contributed by atoms with Crippen LogP contribution >= 0.6 is 12.0 Å². The number of hydrogen-bond donors (Lipinski definition) is 4. The molecule has 0 fully saturated rings. The normalized spacial score (nSPS) is 11.6. The van der Waals surface area contributed by atoms with E-state index in [1.807, 2.05) is 38.1 Å². The molecule has 7 nitrogen and oxygen atoms in total. The van der Waals surface area contributed by atoms with Gasteiger partial charge in [-0.05, 0) is 99.8 Å². The van der Waals surface area contributed by atoms with Crippen molar-refractivity contribution in [3.05, 3.63) is 53.6 Å². The van der Waals surface area contributed by atoms with Crippen molar-refractivity contribution in [3.63, 3.8) is 0 Å². The number of benzene rings is 2. The van der Waals surface area contributed by atoms with Crippen LogP contribution in [-0.2, 0) is 9.60 Å². The van der Waals surface area contributed by atoms with E-state index >= 15 is 0 Å². The van der Waals surface area contributed by atoms with E-state index in [-0.39, 0.29) is 22.2 Å². The maximum Gasteiger partial charge on any atom is 0.323 e. The first-order chi connectivity index (χ1) is 17.5. The maximum atomic E-state index is 12.6. The molecular formula is C29H44N4O3S. The Bertz CT molecular complexity index is 1020. The lowest BCUT2D eigenvalue weighted by Crippen LogP contribution is -2.30. The predicted octanol–water partition coefficient (Wildman–Crippen LogP) is 8.08. The Kier molecular flexibility index (Phi) is 11.8. The zero-order valence-electron chi connectivity index (χ0n) is 23.4. The standard InChI is InChI=1S/C29H44N4O3S/c1-8-17-28(4,5)22-12-15-23(16-13-22)31-27(35)32-24-14-11-21(3)25(20-24)33-26(34)30-19-10-18-29(6,7)37-36-9-2/h11-16,20H,8-10,17-19H2,1-7H3,(H2,30,33,34)(H2,31,32,35). The van der Waals surface area contributed by atoms with Crippen molar-refractivity contribution in [2.75, 3.05) is 29.1 Å². The minimum Gasteiger partial charge on any atom is -0.338 e. The van der Waals surface area contributed by atoms with E-state index in [0.717, 1.165) is 36.9 Å². The molecule has 0 aliphatic carbocycles. The van der Waals surface area contributed by atoms with E-state index in [4.69, 9.17) is 4.18 Å². The van der Waals surface area contributed by atoms with Crippen molar-refractivity contribution in [1.29, 1.82) is 0 Å². The van der Waals surface area contributed by atoms with Crippen molar-refractivity contribution >= 4 is 41.2 Å². The number of amides is 4. The summed E-state index contributed by atoms with van der Waals surface area (Å²) < 4.78 is 5.45. The molecule has 0 saturated heterocycles. The summed E-state index contributed by atoms with van der Waals surface area (Å²) in [4.78, 5) is 25.0. The highest BCUT2D eigenvalue weighted by Gasteiger charge is 2.20. The fourth-order valence-corrected chi connectivity index (χ4v) is 4.71. The van der Waals surface area contributed by atoms with Gasteiger partial charge in [-0.2, -0.15) is 0 Å². The van der Waals surface area contributed by atoms with Crippen molar-refractivity contribution in [1.82, 2.24) is 5.32 Å². The lowest BCUT2D eigenvalue weighted by atomic mass is 9.81. The third kappa shape index (κ3) is 10.7. The van der Waals surface area contributed by atoms with Crippen LogP contribution in [0.2, 0.25) is 0 Å². The number of rotatable bonds is 13. The predicted molar refractivity (Wildman–Crippen MR) is 158 cm³/mol. The summed E-state index contributed by atoms with van der Waals surface area (Å²) >= 11 is 1.48. The summed E-state index contributed by atoms with van der Waals surface area (Å²) in [7, 11) is 0. The van der Waals surface area contributed by atoms with Gasteiger partial charge < -0.3 is 25.5 Å². The Morgan fingerprint density at radius 1 is 0.865 bits per heavy atom. The first-order valence-electron chi connectivity index (χ1n) is 13.1. The molecule has 2 rings (SSSR count). The number of hydrogen-bond acceptors (Lipinski definition) is 4. The Morgan fingerprint density at radius 3 is 2.16 bits per heavy atom. The fourth-order valence-electron chi connectivity index (χ4n) is 4.04. The van der Waals surface area contributed by atoms with E-state index < -0.39 is 0 Å². The zero-order chi connectivity index (χ0) is 27.5. The third-order valence-electron chi connectivity index (χ3n) is 6.19. The summed E-state index contributed by atoms with van der Waals surface area (Å²) in [6.07, 6.45) is 3.99. The molecule has 0 bridgehead atoms. The molecule has 0 spiro atoms. The monoisotopic (exact) mass is 528 g/mol. The molecule has 8 heteroatoms. The Balaban J connectivity index is 1.87. The average molecular weight is 529 g/mol. The van der Waals surface area contributed by atoms with Gasteiger partial charge in [-0.15, -0.1) is 0 Å². The number of nitrogens with one attached hydrogen (secondary N) is 4. The van der Waals surface area contributed by atoms with Crippen LogP contribution < -0.4 is 21.3 Å². The van der Waals surface area contributed by atoms with E-state index in [9.17, 15) is 9.59 Å². The smallest absolute Gasteiger partial charge is 0.323 e. The maximum absolute atomic E-state index is 12.6. The number of aryl methyl sites for hydroxylation is 1. The summed E-state index contributed by atoms with van der Waals surface area (Å²) in [6.45, 7) is 16.0. The van der Waals surface area contributed by atoms with Crippen molar-refractivity contribution in [3.8, 4) is 0 Å². The largest absolute Gasteiger partial charge is 0.338 e. The van der Waals surface area contributed by atoms with Gasteiger partial charge in [-0.1, -0.05) is 45.4 Å². The first-order valence-corrected chi connectivity index (χ1v) is 13.8. The quantitative estimate of drug-likeness (QED) is 0.156. The SMILES string of the molecule is CCCC(C)(C)c1ccc(NC(=O)Nc2ccc(C)c(NC(=O)NCCCC(C)(C)SOCC)c2)cc1. The highest BCUT2D eigenvalue weighted by Crippen LogP contribution is 2.30. The summed E-state index contributed by atoms with van der Waals surface area (Å²) in [5.41, 5.74) is 4.22. The Morgan fingerprint density at radius 2 is 1.51 bits per heavy atom. The summed E-state index contributed by atoms with van der Waals surface area (Å²) in [5, 5.41) is 11.5. The van der Waals surface area contributed by atoms with Gasteiger partial charge in [0.15, 0.2) is 0 Å². The molecule has 0 atom stereocenters. The lowest BCUT2D eigenvalue weighted by Gasteiger charge is -2.24.